The molecule has 28 heavy (non-hydrogen) atoms. The van der Waals surface area contributed by atoms with Crippen molar-refractivity contribution in [3.05, 3.63) is 59.9 Å². The van der Waals surface area contributed by atoms with E-state index >= 15 is 0 Å². The van der Waals surface area contributed by atoms with Crippen LogP contribution >= 0.6 is 0 Å². The molecule has 1 saturated carbocycles. The number of aromatic nitrogens is 4. The van der Waals surface area contributed by atoms with Gasteiger partial charge in [0.2, 0.25) is 5.95 Å². The molecule has 1 fully saturated rings. The van der Waals surface area contributed by atoms with Crippen LogP contribution in [0.3, 0.4) is 0 Å². The van der Waals surface area contributed by atoms with Crippen molar-refractivity contribution in [1.82, 2.24) is 19.7 Å². The molecule has 0 unspecified atom stereocenters. The van der Waals surface area contributed by atoms with Gasteiger partial charge < -0.3 is 11.1 Å². The van der Waals surface area contributed by atoms with Crippen molar-refractivity contribution in [2.45, 2.75) is 25.8 Å². The molecular weight excluding hydrogens is 355 g/mol. The van der Waals surface area contributed by atoms with E-state index in [4.69, 9.17) is 5.73 Å². The molecule has 2 aromatic heterocycles. The summed E-state index contributed by atoms with van der Waals surface area (Å²) >= 11 is 0. The van der Waals surface area contributed by atoms with Crippen molar-refractivity contribution in [2.24, 2.45) is 0 Å². The zero-order valence-corrected chi connectivity index (χ0v) is 15.4. The quantitative estimate of drug-likeness (QED) is 0.562. The Bertz CT molecular complexity index is 1190. The molecule has 0 bridgehead atoms. The lowest BCUT2D eigenvalue weighted by molar-refractivity contribution is 0.628. The molecule has 5 rings (SSSR count). The van der Waals surface area contributed by atoms with Crippen molar-refractivity contribution in [3.63, 3.8) is 0 Å². The number of nitrogens with two attached hydrogens (primary N) is 1. The largest absolute Gasteiger partial charge is 0.383 e. The highest BCUT2D eigenvalue weighted by Gasteiger charge is 2.24. The van der Waals surface area contributed by atoms with Gasteiger partial charge in [-0.2, -0.15) is 4.98 Å². The smallest absolute Gasteiger partial charge is 0.225 e. The van der Waals surface area contributed by atoms with Crippen LogP contribution in [-0.4, -0.2) is 25.8 Å². The summed E-state index contributed by atoms with van der Waals surface area (Å²) in [5.74, 6) is 0.589. The molecule has 2 heterocycles. The predicted octanol–water partition coefficient (Wildman–Crippen LogP) is 4.09. The van der Waals surface area contributed by atoms with E-state index in [0.29, 0.717) is 40.1 Å². The number of hydrogen-bond acceptors (Lipinski definition) is 5. The summed E-state index contributed by atoms with van der Waals surface area (Å²) in [5.41, 5.74) is 10.1. The third kappa shape index (κ3) is 2.94. The SMILES string of the molecule is Cc1cccc(-n2nc3nc(NC4CC4)nc(-c4cccc(F)c4)c3c2N)c1. The van der Waals surface area contributed by atoms with E-state index in [1.54, 1.807) is 10.7 Å². The van der Waals surface area contributed by atoms with Crippen LogP contribution in [0.2, 0.25) is 0 Å². The Hall–Kier alpha value is -3.48. The van der Waals surface area contributed by atoms with Crippen LogP contribution < -0.4 is 11.1 Å². The minimum atomic E-state index is -0.328. The van der Waals surface area contributed by atoms with Gasteiger partial charge in [-0.1, -0.05) is 24.3 Å². The third-order valence-corrected chi connectivity index (χ3v) is 4.82. The second kappa shape index (κ2) is 6.30. The Balaban J connectivity index is 1.76. The van der Waals surface area contributed by atoms with Crippen LogP contribution in [0.1, 0.15) is 18.4 Å². The Labute approximate surface area is 161 Å². The van der Waals surface area contributed by atoms with Crippen LogP contribution in [0.4, 0.5) is 16.2 Å². The first-order chi connectivity index (χ1) is 13.6. The summed E-state index contributed by atoms with van der Waals surface area (Å²) in [4.78, 5) is 9.22. The van der Waals surface area contributed by atoms with Crippen LogP contribution in [0.25, 0.3) is 28.0 Å². The topological polar surface area (TPSA) is 81.7 Å². The van der Waals surface area contributed by atoms with E-state index < -0.39 is 0 Å². The zero-order valence-electron chi connectivity index (χ0n) is 15.4. The van der Waals surface area contributed by atoms with Crippen molar-refractivity contribution in [2.75, 3.05) is 11.1 Å². The van der Waals surface area contributed by atoms with E-state index in [2.05, 4.69) is 20.4 Å². The summed E-state index contributed by atoms with van der Waals surface area (Å²) in [7, 11) is 0. The lowest BCUT2D eigenvalue weighted by Gasteiger charge is -2.08. The molecule has 0 spiro atoms. The van der Waals surface area contributed by atoms with Gasteiger partial charge in [-0.3, -0.25) is 0 Å². The number of halogens is 1. The van der Waals surface area contributed by atoms with Gasteiger partial charge in [0.05, 0.1) is 16.8 Å². The average Bonchev–Trinajstić information content (AvgIpc) is 3.43. The monoisotopic (exact) mass is 374 g/mol. The molecular formula is C21H19FN6. The number of aryl methyl sites for hydroxylation is 1. The van der Waals surface area contributed by atoms with Crippen LogP contribution in [0, 0.1) is 12.7 Å². The fourth-order valence-corrected chi connectivity index (χ4v) is 3.29. The van der Waals surface area contributed by atoms with E-state index in [9.17, 15) is 4.39 Å². The number of fused-ring (bicyclic) bond motifs is 1. The number of hydrogen-bond donors (Lipinski definition) is 2. The molecule has 0 radical (unpaired) electrons. The van der Waals surface area contributed by atoms with Gasteiger partial charge in [0.25, 0.3) is 0 Å². The first-order valence-corrected chi connectivity index (χ1v) is 9.24. The van der Waals surface area contributed by atoms with Crippen LogP contribution in [0.5, 0.6) is 0 Å². The fraction of sp³-hybridized carbons (Fsp3) is 0.190. The fourth-order valence-electron chi connectivity index (χ4n) is 3.29. The lowest BCUT2D eigenvalue weighted by atomic mass is 10.1. The van der Waals surface area contributed by atoms with Crippen molar-refractivity contribution < 1.29 is 4.39 Å². The maximum atomic E-state index is 13.9. The molecule has 3 N–H and O–H groups in total. The van der Waals surface area contributed by atoms with Gasteiger partial charge in [0.1, 0.15) is 11.6 Å². The number of nitrogens with zero attached hydrogens (tertiary/aromatic N) is 4. The summed E-state index contributed by atoms with van der Waals surface area (Å²) in [6.07, 6.45) is 2.19. The summed E-state index contributed by atoms with van der Waals surface area (Å²) in [6, 6.07) is 14.6. The van der Waals surface area contributed by atoms with Crippen LogP contribution in [0.15, 0.2) is 48.5 Å². The molecule has 0 amide bonds. The Kier molecular flexibility index (Phi) is 3.75. The molecule has 0 saturated heterocycles. The summed E-state index contributed by atoms with van der Waals surface area (Å²) < 4.78 is 15.5. The molecule has 7 heteroatoms. The van der Waals surface area contributed by atoms with Gasteiger partial charge in [0, 0.05) is 11.6 Å². The standard InChI is InChI=1S/C21H19FN6/c1-12-4-2-7-16(10-12)28-19(23)17-18(13-5-3-6-14(22)11-13)25-21(24-15-8-9-15)26-20(17)27-28/h2-7,10-11,15H,8-9,23H2,1H3,(H,24,26,27). The van der Waals surface area contributed by atoms with Gasteiger partial charge in [-0.15, -0.1) is 5.10 Å². The van der Waals surface area contributed by atoms with E-state index in [1.807, 2.05) is 37.3 Å². The van der Waals surface area contributed by atoms with E-state index in [1.165, 1.54) is 12.1 Å². The Morgan fingerprint density at radius 1 is 1.11 bits per heavy atom. The van der Waals surface area contributed by atoms with E-state index in [-0.39, 0.29) is 5.82 Å². The number of nitrogens with one attached hydrogen (secondary N) is 1. The van der Waals surface area contributed by atoms with Gasteiger partial charge in [-0.25, -0.2) is 14.1 Å². The highest BCUT2D eigenvalue weighted by molar-refractivity contribution is 5.99. The minimum Gasteiger partial charge on any atom is -0.383 e. The zero-order chi connectivity index (χ0) is 19.3. The second-order valence-corrected chi connectivity index (χ2v) is 7.16. The molecule has 0 atom stereocenters. The molecule has 1 aliphatic carbocycles. The van der Waals surface area contributed by atoms with Crippen molar-refractivity contribution >= 4 is 22.8 Å². The van der Waals surface area contributed by atoms with Gasteiger partial charge in [0.15, 0.2) is 5.65 Å². The van der Waals surface area contributed by atoms with Crippen molar-refractivity contribution in [1.29, 1.82) is 0 Å². The molecule has 140 valence electrons. The minimum absolute atomic E-state index is 0.328. The molecule has 0 aliphatic heterocycles. The highest BCUT2D eigenvalue weighted by atomic mass is 19.1. The maximum absolute atomic E-state index is 13.9. The van der Waals surface area contributed by atoms with E-state index in [0.717, 1.165) is 24.1 Å². The molecule has 4 aromatic rings. The Morgan fingerprint density at radius 3 is 2.68 bits per heavy atom. The normalized spacial score (nSPS) is 13.8. The first kappa shape index (κ1) is 16.7. The lowest BCUT2D eigenvalue weighted by Crippen LogP contribution is -2.06. The number of anilines is 2. The van der Waals surface area contributed by atoms with Gasteiger partial charge >= 0.3 is 0 Å². The maximum Gasteiger partial charge on any atom is 0.225 e. The third-order valence-electron chi connectivity index (χ3n) is 4.82. The van der Waals surface area contributed by atoms with Crippen LogP contribution in [-0.2, 0) is 0 Å². The number of nitrogen functional groups attached to an aromatic ring is 1. The van der Waals surface area contributed by atoms with Gasteiger partial charge in [-0.05, 0) is 49.6 Å². The average molecular weight is 374 g/mol. The number of rotatable bonds is 4. The number of benzene rings is 2. The molecule has 6 nitrogen and oxygen atoms in total. The predicted molar refractivity (Wildman–Crippen MR) is 108 cm³/mol. The first-order valence-electron chi connectivity index (χ1n) is 9.24. The molecule has 1 aliphatic rings. The molecule has 2 aromatic carbocycles. The van der Waals surface area contributed by atoms with Crippen molar-refractivity contribution in [3.8, 4) is 16.9 Å². The second-order valence-electron chi connectivity index (χ2n) is 7.16. The summed E-state index contributed by atoms with van der Waals surface area (Å²) in [6.45, 7) is 2.01. The summed E-state index contributed by atoms with van der Waals surface area (Å²) in [5, 5.41) is 8.55. The Morgan fingerprint density at radius 2 is 1.93 bits per heavy atom. The highest BCUT2D eigenvalue weighted by Crippen LogP contribution is 2.34.